The molecule has 0 unspecified atom stereocenters. The van der Waals surface area contributed by atoms with Crippen molar-refractivity contribution in [1.82, 2.24) is 4.98 Å². The van der Waals surface area contributed by atoms with Crippen molar-refractivity contribution in [2.24, 2.45) is 0 Å². The lowest BCUT2D eigenvalue weighted by molar-refractivity contribution is 0.342. The van der Waals surface area contributed by atoms with Crippen molar-refractivity contribution in [1.29, 1.82) is 0 Å². The highest BCUT2D eigenvalue weighted by Gasteiger charge is 2.06. The van der Waals surface area contributed by atoms with Crippen molar-refractivity contribution in [3.05, 3.63) is 47.6 Å². The van der Waals surface area contributed by atoms with Gasteiger partial charge in [0.05, 0.1) is 11.5 Å². The maximum atomic E-state index is 13.4. The predicted molar refractivity (Wildman–Crippen MR) is 63.7 cm³/mol. The number of nitrogens with zero attached hydrogens (tertiary/aromatic N) is 1. The molecule has 4 heteroatoms. The van der Waals surface area contributed by atoms with E-state index in [1.807, 2.05) is 18.2 Å². The molecular formula is C12H10FNOS. The zero-order valence-electron chi connectivity index (χ0n) is 8.43. The summed E-state index contributed by atoms with van der Waals surface area (Å²) in [6.07, 6.45) is 4.59. The number of hydrogen-bond donors (Lipinski definition) is 1. The molecule has 0 aliphatic rings. The number of rotatable bonds is 3. The van der Waals surface area contributed by atoms with Crippen LogP contribution in [0.2, 0.25) is 0 Å². The highest BCUT2D eigenvalue weighted by atomic mass is 32.1. The van der Waals surface area contributed by atoms with Crippen LogP contribution in [-0.4, -0.2) is 16.7 Å². The third-order valence-corrected chi connectivity index (χ3v) is 3.20. The van der Waals surface area contributed by atoms with Crippen LogP contribution < -0.4 is 0 Å². The van der Waals surface area contributed by atoms with Crippen molar-refractivity contribution in [2.75, 3.05) is 6.61 Å². The van der Waals surface area contributed by atoms with E-state index >= 15 is 0 Å². The Labute approximate surface area is 96.7 Å². The second kappa shape index (κ2) is 5.01. The minimum absolute atomic E-state index is 0.286. The summed E-state index contributed by atoms with van der Waals surface area (Å²) in [6, 6.07) is 7.32. The molecule has 82 valence electrons. The highest BCUT2D eigenvalue weighted by Crippen LogP contribution is 2.31. The van der Waals surface area contributed by atoms with Gasteiger partial charge in [0.25, 0.3) is 0 Å². The first-order valence-corrected chi connectivity index (χ1v) is 5.60. The Balaban J connectivity index is 2.30. The standard InChI is InChI=1S/C12H10FNOS/c13-10(5-7-15)12-4-3-11(16-12)9-2-1-6-14-8-9/h1-6,8,15H,7H2. The Morgan fingerprint density at radius 2 is 2.31 bits per heavy atom. The average molecular weight is 235 g/mol. The predicted octanol–water partition coefficient (Wildman–Crippen LogP) is 3.11. The molecule has 0 aliphatic heterocycles. The summed E-state index contributed by atoms with van der Waals surface area (Å²) >= 11 is 1.34. The molecule has 0 fully saturated rings. The Morgan fingerprint density at radius 1 is 1.44 bits per heavy atom. The van der Waals surface area contributed by atoms with Crippen LogP contribution >= 0.6 is 11.3 Å². The number of hydrogen-bond acceptors (Lipinski definition) is 3. The van der Waals surface area contributed by atoms with E-state index in [0.29, 0.717) is 4.88 Å². The number of aromatic nitrogens is 1. The van der Waals surface area contributed by atoms with Crippen LogP contribution in [-0.2, 0) is 0 Å². The molecule has 0 saturated heterocycles. The van der Waals surface area contributed by atoms with Crippen LogP contribution in [0.3, 0.4) is 0 Å². The first-order chi connectivity index (χ1) is 7.81. The van der Waals surface area contributed by atoms with Crippen LogP contribution in [0.25, 0.3) is 16.3 Å². The van der Waals surface area contributed by atoms with Gasteiger partial charge in [0.2, 0.25) is 0 Å². The molecule has 1 N–H and O–H groups in total. The Bertz CT molecular complexity index is 493. The highest BCUT2D eigenvalue weighted by molar-refractivity contribution is 7.16. The van der Waals surface area contributed by atoms with E-state index < -0.39 is 0 Å². The van der Waals surface area contributed by atoms with Crippen LogP contribution in [0.5, 0.6) is 0 Å². The summed E-state index contributed by atoms with van der Waals surface area (Å²) in [4.78, 5) is 5.49. The van der Waals surface area contributed by atoms with Crippen LogP contribution in [0.4, 0.5) is 4.39 Å². The van der Waals surface area contributed by atoms with E-state index in [9.17, 15) is 4.39 Å². The summed E-state index contributed by atoms with van der Waals surface area (Å²) in [7, 11) is 0. The molecule has 2 nitrogen and oxygen atoms in total. The van der Waals surface area contributed by atoms with E-state index in [0.717, 1.165) is 16.5 Å². The van der Waals surface area contributed by atoms with E-state index in [4.69, 9.17) is 5.11 Å². The quantitative estimate of drug-likeness (QED) is 0.886. The molecular weight excluding hydrogens is 225 g/mol. The van der Waals surface area contributed by atoms with E-state index in [-0.39, 0.29) is 12.4 Å². The maximum Gasteiger partial charge on any atom is 0.138 e. The SMILES string of the molecule is OCC=C(F)c1ccc(-c2cccnc2)s1. The van der Waals surface area contributed by atoms with Gasteiger partial charge in [-0.2, -0.15) is 0 Å². The summed E-state index contributed by atoms with van der Waals surface area (Å²) in [5, 5.41) is 8.60. The maximum absolute atomic E-state index is 13.4. The Hall–Kier alpha value is -1.52. The van der Waals surface area contributed by atoms with Gasteiger partial charge in [0.15, 0.2) is 0 Å². The fraction of sp³-hybridized carbons (Fsp3) is 0.0833. The van der Waals surface area contributed by atoms with Gasteiger partial charge in [-0.3, -0.25) is 4.98 Å². The monoisotopic (exact) mass is 235 g/mol. The van der Waals surface area contributed by atoms with Crippen molar-refractivity contribution >= 4 is 17.2 Å². The van der Waals surface area contributed by atoms with Crippen molar-refractivity contribution in [3.8, 4) is 10.4 Å². The lowest BCUT2D eigenvalue weighted by Crippen LogP contribution is -1.75. The van der Waals surface area contributed by atoms with Gasteiger partial charge in [0, 0.05) is 22.8 Å². The molecule has 16 heavy (non-hydrogen) atoms. The smallest absolute Gasteiger partial charge is 0.138 e. The Kier molecular flexibility index (Phi) is 3.44. The van der Waals surface area contributed by atoms with Crippen molar-refractivity contribution in [2.45, 2.75) is 0 Å². The number of thiophene rings is 1. The van der Waals surface area contributed by atoms with E-state index in [2.05, 4.69) is 4.98 Å². The van der Waals surface area contributed by atoms with Crippen LogP contribution in [0.1, 0.15) is 4.88 Å². The fourth-order valence-corrected chi connectivity index (χ4v) is 2.24. The van der Waals surface area contributed by atoms with Crippen LogP contribution in [0.15, 0.2) is 42.7 Å². The lowest BCUT2D eigenvalue weighted by atomic mass is 10.2. The second-order valence-electron chi connectivity index (χ2n) is 3.14. The third kappa shape index (κ3) is 2.35. The summed E-state index contributed by atoms with van der Waals surface area (Å²) in [6.45, 7) is -0.286. The average Bonchev–Trinajstić information content (AvgIpc) is 2.80. The molecule has 2 heterocycles. The molecule has 0 radical (unpaired) electrons. The molecule has 2 aromatic heterocycles. The largest absolute Gasteiger partial charge is 0.392 e. The minimum Gasteiger partial charge on any atom is -0.392 e. The summed E-state index contributed by atoms with van der Waals surface area (Å²) in [5.74, 6) is -0.386. The normalized spacial score (nSPS) is 11.8. The van der Waals surface area contributed by atoms with Gasteiger partial charge in [-0.05, 0) is 24.3 Å². The summed E-state index contributed by atoms with van der Waals surface area (Å²) < 4.78 is 13.4. The first kappa shape index (κ1) is 11.0. The summed E-state index contributed by atoms with van der Waals surface area (Å²) in [5.41, 5.74) is 0.968. The molecule has 0 spiro atoms. The Morgan fingerprint density at radius 3 is 3.00 bits per heavy atom. The molecule has 2 aromatic rings. The zero-order valence-corrected chi connectivity index (χ0v) is 9.25. The first-order valence-electron chi connectivity index (χ1n) is 4.78. The zero-order chi connectivity index (χ0) is 11.4. The topological polar surface area (TPSA) is 33.1 Å². The van der Waals surface area contributed by atoms with Gasteiger partial charge < -0.3 is 5.11 Å². The van der Waals surface area contributed by atoms with Gasteiger partial charge in [-0.15, -0.1) is 11.3 Å². The molecule has 0 aliphatic carbocycles. The van der Waals surface area contributed by atoms with Gasteiger partial charge >= 0.3 is 0 Å². The number of aliphatic hydroxyl groups excluding tert-OH is 1. The minimum atomic E-state index is -0.386. The number of aliphatic hydroxyl groups is 1. The molecule has 0 bridgehead atoms. The number of halogens is 1. The van der Waals surface area contributed by atoms with E-state index in [1.54, 1.807) is 18.5 Å². The van der Waals surface area contributed by atoms with E-state index in [1.165, 1.54) is 11.3 Å². The molecule has 0 atom stereocenters. The molecule has 0 saturated carbocycles. The van der Waals surface area contributed by atoms with Crippen molar-refractivity contribution in [3.63, 3.8) is 0 Å². The fourth-order valence-electron chi connectivity index (χ4n) is 1.31. The van der Waals surface area contributed by atoms with Gasteiger partial charge in [0.1, 0.15) is 5.83 Å². The van der Waals surface area contributed by atoms with Gasteiger partial charge in [-0.25, -0.2) is 4.39 Å². The third-order valence-electron chi connectivity index (χ3n) is 2.06. The molecule has 0 amide bonds. The van der Waals surface area contributed by atoms with Crippen molar-refractivity contribution < 1.29 is 9.50 Å². The second-order valence-corrected chi connectivity index (χ2v) is 4.22. The lowest BCUT2D eigenvalue weighted by Gasteiger charge is -1.94. The molecule has 2 rings (SSSR count). The van der Waals surface area contributed by atoms with Gasteiger partial charge in [-0.1, -0.05) is 6.07 Å². The molecule has 0 aromatic carbocycles. The number of pyridine rings is 1. The van der Waals surface area contributed by atoms with Crippen LogP contribution in [0, 0.1) is 0 Å².